The first-order valence-corrected chi connectivity index (χ1v) is 7.64. The minimum Gasteiger partial charge on any atom is -0.326 e. The molecule has 0 bridgehead atoms. The second-order valence-electron chi connectivity index (χ2n) is 5.82. The van der Waals surface area contributed by atoms with Gasteiger partial charge in [-0.1, -0.05) is 26.0 Å². The van der Waals surface area contributed by atoms with E-state index in [0.717, 1.165) is 21.1 Å². The molecule has 1 aromatic carbocycles. The highest BCUT2D eigenvalue weighted by Gasteiger charge is 2.28. The first kappa shape index (κ1) is 15.1. The Labute approximate surface area is 123 Å². The molecule has 0 aliphatic rings. The summed E-state index contributed by atoms with van der Waals surface area (Å²) < 4.78 is 13.1. The van der Waals surface area contributed by atoms with E-state index in [0.29, 0.717) is 12.5 Å². The summed E-state index contributed by atoms with van der Waals surface area (Å²) in [4.78, 5) is 5.94. The van der Waals surface area contributed by atoms with Gasteiger partial charge in [0.1, 0.15) is 10.8 Å². The van der Waals surface area contributed by atoms with E-state index in [4.69, 9.17) is 10.7 Å². The average molecular weight is 292 g/mol. The first-order valence-electron chi connectivity index (χ1n) is 6.82. The maximum absolute atomic E-state index is 13.1. The van der Waals surface area contributed by atoms with Crippen molar-refractivity contribution in [3.05, 3.63) is 51.2 Å². The Morgan fingerprint density at radius 1 is 1.25 bits per heavy atom. The predicted octanol–water partition coefficient (Wildman–Crippen LogP) is 4.19. The minimum atomic E-state index is -0.241. The van der Waals surface area contributed by atoms with Crippen LogP contribution < -0.4 is 5.73 Å². The third kappa shape index (κ3) is 2.76. The van der Waals surface area contributed by atoms with Crippen LogP contribution in [0.25, 0.3) is 0 Å². The lowest BCUT2D eigenvalue weighted by atomic mass is 9.85. The fourth-order valence-corrected chi connectivity index (χ4v) is 3.44. The summed E-state index contributed by atoms with van der Waals surface area (Å²) in [5.74, 6) is 0.150. The molecule has 0 saturated heterocycles. The van der Waals surface area contributed by atoms with Crippen molar-refractivity contribution in [1.82, 2.24) is 4.98 Å². The standard InChI is InChI=1S/C16H21FN2S/c1-10(2)14-13(9-18)20-15(19-14)16(3,4)11-5-7-12(17)8-6-11/h5-8,10H,9,18H2,1-4H3. The van der Waals surface area contributed by atoms with Crippen molar-refractivity contribution in [3.63, 3.8) is 0 Å². The van der Waals surface area contributed by atoms with Crippen molar-refractivity contribution in [1.29, 1.82) is 0 Å². The third-order valence-electron chi connectivity index (χ3n) is 3.56. The summed E-state index contributed by atoms with van der Waals surface area (Å²) in [6.45, 7) is 9.00. The zero-order chi connectivity index (χ0) is 14.9. The van der Waals surface area contributed by atoms with Gasteiger partial charge in [-0.15, -0.1) is 11.3 Å². The van der Waals surface area contributed by atoms with Crippen LogP contribution in [0, 0.1) is 5.82 Å². The van der Waals surface area contributed by atoms with Crippen molar-refractivity contribution in [3.8, 4) is 0 Å². The molecule has 108 valence electrons. The minimum absolute atomic E-state index is 0.214. The van der Waals surface area contributed by atoms with Gasteiger partial charge in [0.25, 0.3) is 0 Å². The molecule has 0 spiro atoms. The van der Waals surface area contributed by atoms with Gasteiger partial charge in [-0.05, 0) is 37.5 Å². The van der Waals surface area contributed by atoms with E-state index in [2.05, 4.69) is 27.7 Å². The molecule has 0 aliphatic carbocycles. The Balaban J connectivity index is 2.46. The van der Waals surface area contributed by atoms with Gasteiger partial charge < -0.3 is 5.73 Å². The molecule has 1 heterocycles. The molecule has 2 rings (SSSR count). The molecule has 1 aromatic heterocycles. The van der Waals surface area contributed by atoms with Gasteiger partial charge in [0.2, 0.25) is 0 Å². The Morgan fingerprint density at radius 3 is 2.30 bits per heavy atom. The molecule has 2 nitrogen and oxygen atoms in total. The number of aromatic nitrogens is 1. The number of thiazole rings is 1. The van der Waals surface area contributed by atoms with Crippen molar-refractivity contribution in [2.75, 3.05) is 0 Å². The van der Waals surface area contributed by atoms with Gasteiger partial charge in [-0.2, -0.15) is 0 Å². The molecule has 0 fully saturated rings. The molecule has 0 amide bonds. The number of benzene rings is 1. The fourth-order valence-electron chi connectivity index (χ4n) is 2.22. The van der Waals surface area contributed by atoms with Crippen molar-refractivity contribution < 1.29 is 4.39 Å². The lowest BCUT2D eigenvalue weighted by Crippen LogP contribution is -2.18. The van der Waals surface area contributed by atoms with Crippen LogP contribution in [-0.2, 0) is 12.0 Å². The van der Waals surface area contributed by atoms with Crippen LogP contribution in [0.15, 0.2) is 24.3 Å². The number of hydrogen-bond donors (Lipinski definition) is 1. The molecule has 0 radical (unpaired) electrons. The molecule has 0 aliphatic heterocycles. The van der Waals surface area contributed by atoms with Crippen LogP contribution in [0.2, 0.25) is 0 Å². The summed E-state index contributed by atoms with van der Waals surface area (Å²) in [7, 11) is 0. The van der Waals surface area contributed by atoms with Crippen LogP contribution in [0.3, 0.4) is 0 Å². The Morgan fingerprint density at radius 2 is 1.85 bits per heavy atom. The topological polar surface area (TPSA) is 38.9 Å². The molecule has 0 saturated carbocycles. The normalized spacial score (nSPS) is 12.2. The van der Waals surface area contributed by atoms with Crippen LogP contribution in [-0.4, -0.2) is 4.98 Å². The maximum Gasteiger partial charge on any atom is 0.123 e. The zero-order valence-electron chi connectivity index (χ0n) is 12.4. The molecular formula is C16H21FN2S. The number of hydrogen-bond acceptors (Lipinski definition) is 3. The Hall–Kier alpha value is -1.26. The van der Waals surface area contributed by atoms with Crippen LogP contribution in [0.1, 0.15) is 54.8 Å². The SMILES string of the molecule is CC(C)c1nc(C(C)(C)c2ccc(F)cc2)sc1CN. The first-order chi connectivity index (χ1) is 9.36. The summed E-state index contributed by atoms with van der Waals surface area (Å²) in [6, 6.07) is 6.65. The molecule has 2 N–H and O–H groups in total. The van der Waals surface area contributed by atoms with Gasteiger partial charge in [-0.25, -0.2) is 9.37 Å². The number of halogens is 1. The van der Waals surface area contributed by atoms with Gasteiger partial charge in [0, 0.05) is 16.8 Å². The lowest BCUT2D eigenvalue weighted by molar-refractivity contribution is 0.609. The van der Waals surface area contributed by atoms with E-state index < -0.39 is 0 Å². The third-order valence-corrected chi connectivity index (χ3v) is 4.98. The second kappa shape index (κ2) is 5.62. The summed E-state index contributed by atoms with van der Waals surface area (Å²) in [6.07, 6.45) is 0. The second-order valence-corrected chi connectivity index (χ2v) is 6.90. The van der Waals surface area contributed by atoms with Gasteiger partial charge in [0.15, 0.2) is 0 Å². The highest BCUT2D eigenvalue weighted by atomic mass is 32.1. The van der Waals surface area contributed by atoms with E-state index in [-0.39, 0.29) is 11.2 Å². The molecule has 20 heavy (non-hydrogen) atoms. The van der Waals surface area contributed by atoms with E-state index in [1.807, 2.05) is 12.1 Å². The van der Waals surface area contributed by atoms with Crippen LogP contribution in [0.5, 0.6) is 0 Å². The Kier molecular flexibility index (Phi) is 4.25. The maximum atomic E-state index is 13.1. The number of rotatable bonds is 4. The molecule has 0 unspecified atom stereocenters. The van der Waals surface area contributed by atoms with E-state index >= 15 is 0 Å². The smallest absolute Gasteiger partial charge is 0.123 e. The highest BCUT2D eigenvalue weighted by Crippen LogP contribution is 2.37. The molecule has 4 heteroatoms. The quantitative estimate of drug-likeness (QED) is 0.917. The molecule has 0 atom stereocenters. The zero-order valence-corrected chi connectivity index (χ0v) is 13.2. The van der Waals surface area contributed by atoms with Crippen molar-refractivity contribution in [2.24, 2.45) is 5.73 Å². The van der Waals surface area contributed by atoms with Crippen molar-refractivity contribution in [2.45, 2.75) is 45.6 Å². The van der Waals surface area contributed by atoms with Gasteiger partial charge in [0.05, 0.1) is 5.69 Å². The van der Waals surface area contributed by atoms with Gasteiger partial charge in [-0.3, -0.25) is 0 Å². The monoisotopic (exact) mass is 292 g/mol. The van der Waals surface area contributed by atoms with Crippen LogP contribution >= 0.6 is 11.3 Å². The summed E-state index contributed by atoms with van der Waals surface area (Å²) >= 11 is 1.66. The molecular weight excluding hydrogens is 271 g/mol. The van der Waals surface area contributed by atoms with Crippen LogP contribution in [0.4, 0.5) is 4.39 Å². The fraction of sp³-hybridized carbons (Fsp3) is 0.438. The largest absolute Gasteiger partial charge is 0.326 e. The molecule has 2 aromatic rings. The number of nitrogens with two attached hydrogens (primary N) is 1. The van der Waals surface area contributed by atoms with Gasteiger partial charge >= 0.3 is 0 Å². The highest BCUT2D eigenvalue weighted by molar-refractivity contribution is 7.12. The summed E-state index contributed by atoms with van der Waals surface area (Å²) in [5.41, 5.74) is 7.73. The lowest BCUT2D eigenvalue weighted by Gasteiger charge is -2.22. The Bertz CT molecular complexity index is 585. The van der Waals surface area contributed by atoms with Crippen molar-refractivity contribution >= 4 is 11.3 Å². The van der Waals surface area contributed by atoms with E-state index in [1.54, 1.807) is 11.3 Å². The van der Waals surface area contributed by atoms with E-state index in [1.165, 1.54) is 12.1 Å². The predicted molar refractivity (Wildman–Crippen MR) is 82.6 cm³/mol. The van der Waals surface area contributed by atoms with E-state index in [9.17, 15) is 4.39 Å². The average Bonchev–Trinajstić information content (AvgIpc) is 2.84. The number of nitrogens with zero attached hydrogens (tertiary/aromatic N) is 1. The summed E-state index contributed by atoms with van der Waals surface area (Å²) in [5, 5.41) is 1.04.